The topological polar surface area (TPSA) is 6.02 Å². The van der Waals surface area contributed by atoms with Crippen LogP contribution in [0, 0.1) is 0 Å². The first-order valence-electron chi connectivity index (χ1n) is 10.7. The first-order chi connectivity index (χ1) is 13.3. The van der Waals surface area contributed by atoms with Crippen LogP contribution in [-0.2, 0) is 10.8 Å². The average molecular weight is 375 g/mol. The van der Waals surface area contributed by atoms with Crippen molar-refractivity contribution >= 4 is 22.8 Å². The molecule has 0 unspecified atom stereocenters. The Morgan fingerprint density at radius 2 is 0.964 bits per heavy atom. The molecule has 2 heteroatoms. The lowest BCUT2D eigenvalue weighted by Crippen LogP contribution is -2.27. The molecule has 0 aliphatic carbocycles. The molecule has 2 aliphatic rings. The molecule has 0 spiro atoms. The van der Waals surface area contributed by atoms with Gasteiger partial charge in [0.15, 0.2) is 11.4 Å². The highest BCUT2D eigenvalue weighted by atomic mass is 15.1. The molecule has 2 nitrogen and oxygen atoms in total. The Morgan fingerprint density at radius 1 is 0.607 bits per heavy atom. The maximum Gasteiger partial charge on any atom is 0.209 e. The molecule has 0 amide bonds. The first-order valence-corrected chi connectivity index (χ1v) is 10.7. The third-order valence-electron chi connectivity index (χ3n) is 7.37. The van der Waals surface area contributed by atoms with Gasteiger partial charge in [0.25, 0.3) is 0 Å². The smallest absolute Gasteiger partial charge is 0.199 e. The second-order valence-corrected chi connectivity index (χ2v) is 9.47. The standard InChI is InChI=1S/C26H34N2/c1-19-25(3,4)21-13-7-9-15-23(21)27(19)17-11-12-18-28-20(2)26(5,6)22-14-8-10-16-24(22)28/h7-10,13-16H,11-12,17-18H2,1-6H3/q+2. The van der Waals surface area contributed by atoms with E-state index in [0.717, 1.165) is 13.1 Å². The van der Waals surface area contributed by atoms with Gasteiger partial charge in [-0.05, 0) is 27.7 Å². The van der Waals surface area contributed by atoms with E-state index in [0.29, 0.717) is 0 Å². The zero-order chi connectivity index (χ0) is 20.1. The Hall–Kier alpha value is -2.22. The number of unbranched alkanes of at least 4 members (excludes halogenated alkanes) is 1. The predicted octanol–water partition coefficient (Wildman–Crippen LogP) is 5.96. The van der Waals surface area contributed by atoms with Crippen molar-refractivity contribution in [2.24, 2.45) is 0 Å². The Balaban J connectivity index is 1.48. The molecule has 0 N–H and O–H groups in total. The van der Waals surface area contributed by atoms with Crippen molar-refractivity contribution < 1.29 is 9.15 Å². The summed E-state index contributed by atoms with van der Waals surface area (Å²) < 4.78 is 5.10. The fourth-order valence-corrected chi connectivity index (χ4v) is 5.02. The summed E-state index contributed by atoms with van der Waals surface area (Å²) in [4.78, 5) is 0. The second kappa shape index (κ2) is 6.69. The van der Waals surface area contributed by atoms with Crippen molar-refractivity contribution in [2.45, 2.75) is 65.2 Å². The molecule has 0 saturated heterocycles. The number of para-hydroxylation sites is 2. The van der Waals surface area contributed by atoms with Gasteiger partial charge in [-0.1, -0.05) is 36.4 Å². The molecule has 0 bridgehead atoms. The maximum absolute atomic E-state index is 2.55. The van der Waals surface area contributed by atoms with Gasteiger partial charge in [0.05, 0.1) is 10.8 Å². The van der Waals surface area contributed by atoms with Gasteiger partial charge in [0.2, 0.25) is 11.4 Å². The Labute approximate surface area is 170 Å². The highest BCUT2D eigenvalue weighted by molar-refractivity contribution is 5.93. The molecular formula is C26H34N2+2. The summed E-state index contributed by atoms with van der Waals surface area (Å²) in [7, 11) is 0. The van der Waals surface area contributed by atoms with Crippen LogP contribution in [0.25, 0.3) is 0 Å². The minimum Gasteiger partial charge on any atom is -0.199 e. The van der Waals surface area contributed by atoms with Crippen molar-refractivity contribution in [3.05, 3.63) is 59.7 Å². The maximum atomic E-state index is 2.55. The van der Waals surface area contributed by atoms with Gasteiger partial charge in [-0.3, -0.25) is 0 Å². The van der Waals surface area contributed by atoms with Crippen molar-refractivity contribution in [1.29, 1.82) is 0 Å². The number of hydrogen-bond acceptors (Lipinski definition) is 0. The quantitative estimate of drug-likeness (QED) is 0.450. The van der Waals surface area contributed by atoms with Gasteiger partial charge in [-0.2, -0.15) is 9.15 Å². The lowest BCUT2D eigenvalue weighted by molar-refractivity contribution is -0.452. The lowest BCUT2D eigenvalue weighted by Gasteiger charge is -2.14. The summed E-state index contributed by atoms with van der Waals surface area (Å²) in [6.07, 6.45) is 2.41. The van der Waals surface area contributed by atoms with Gasteiger partial charge in [-0.25, -0.2) is 0 Å². The fourth-order valence-electron chi connectivity index (χ4n) is 5.02. The van der Waals surface area contributed by atoms with Crippen LogP contribution in [-0.4, -0.2) is 33.7 Å². The van der Waals surface area contributed by atoms with E-state index >= 15 is 0 Å². The molecule has 0 radical (unpaired) electrons. The van der Waals surface area contributed by atoms with Crippen LogP contribution in [0.4, 0.5) is 11.4 Å². The highest BCUT2D eigenvalue weighted by Crippen LogP contribution is 2.40. The number of nitrogens with zero attached hydrogens (tertiary/aromatic N) is 2. The summed E-state index contributed by atoms with van der Waals surface area (Å²) in [5.74, 6) is 0. The zero-order valence-corrected chi connectivity index (χ0v) is 18.3. The van der Waals surface area contributed by atoms with E-state index in [2.05, 4.69) is 99.2 Å². The second-order valence-electron chi connectivity index (χ2n) is 9.47. The summed E-state index contributed by atoms with van der Waals surface area (Å²) in [5.41, 5.74) is 8.96. The Kier molecular flexibility index (Phi) is 4.56. The molecule has 146 valence electrons. The summed E-state index contributed by atoms with van der Waals surface area (Å²) >= 11 is 0. The van der Waals surface area contributed by atoms with Crippen LogP contribution in [0.3, 0.4) is 0 Å². The zero-order valence-electron chi connectivity index (χ0n) is 18.3. The molecule has 0 aromatic heterocycles. The summed E-state index contributed by atoms with van der Waals surface area (Å²) in [6, 6.07) is 17.8. The van der Waals surface area contributed by atoms with Gasteiger partial charge >= 0.3 is 0 Å². The molecule has 0 saturated carbocycles. The number of hydrogen-bond donors (Lipinski definition) is 0. The van der Waals surface area contributed by atoms with Crippen molar-refractivity contribution in [2.75, 3.05) is 13.1 Å². The molecule has 4 rings (SSSR count). The number of benzene rings is 2. The summed E-state index contributed by atoms with van der Waals surface area (Å²) in [6.45, 7) is 16.2. The third-order valence-corrected chi connectivity index (χ3v) is 7.37. The van der Waals surface area contributed by atoms with E-state index in [-0.39, 0.29) is 10.8 Å². The third kappa shape index (κ3) is 2.77. The molecule has 28 heavy (non-hydrogen) atoms. The van der Waals surface area contributed by atoms with Crippen LogP contribution in [0.15, 0.2) is 48.5 Å². The van der Waals surface area contributed by atoms with Crippen LogP contribution < -0.4 is 0 Å². The molecule has 2 aromatic rings. The molecule has 2 heterocycles. The Morgan fingerprint density at radius 3 is 1.36 bits per heavy atom. The molecule has 0 atom stereocenters. The SMILES string of the molecule is CC1=[N+](CCCC[N+]2=C(C)C(C)(C)c3ccccc32)c2ccccc2C1(C)C. The minimum atomic E-state index is 0.138. The number of rotatable bonds is 5. The van der Waals surface area contributed by atoms with Gasteiger partial charge in [-0.15, -0.1) is 0 Å². The van der Waals surface area contributed by atoms with Crippen LogP contribution in [0.5, 0.6) is 0 Å². The van der Waals surface area contributed by atoms with Crippen molar-refractivity contribution in [3.8, 4) is 0 Å². The highest BCUT2D eigenvalue weighted by Gasteiger charge is 2.43. The largest absolute Gasteiger partial charge is 0.209 e. The number of fused-ring (bicyclic) bond motifs is 2. The van der Waals surface area contributed by atoms with Crippen molar-refractivity contribution in [3.63, 3.8) is 0 Å². The van der Waals surface area contributed by atoms with E-state index in [1.54, 1.807) is 0 Å². The average Bonchev–Trinajstić information content (AvgIpc) is 3.00. The van der Waals surface area contributed by atoms with E-state index in [9.17, 15) is 0 Å². The molecule has 2 aliphatic heterocycles. The van der Waals surface area contributed by atoms with Crippen LogP contribution >= 0.6 is 0 Å². The predicted molar refractivity (Wildman–Crippen MR) is 119 cm³/mol. The van der Waals surface area contributed by atoms with Crippen molar-refractivity contribution in [1.82, 2.24) is 0 Å². The minimum absolute atomic E-state index is 0.138. The van der Waals surface area contributed by atoms with Crippen LogP contribution in [0.1, 0.15) is 65.5 Å². The Bertz CT molecular complexity index is 907. The lowest BCUT2D eigenvalue weighted by atomic mass is 9.82. The van der Waals surface area contributed by atoms with Gasteiger partial charge in [0, 0.05) is 49.9 Å². The van der Waals surface area contributed by atoms with Gasteiger partial charge < -0.3 is 0 Å². The van der Waals surface area contributed by atoms with E-state index < -0.39 is 0 Å². The van der Waals surface area contributed by atoms with Crippen LogP contribution in [0.2, 0.25) is 0 Å². The molecular weight excluding hydrogens is 340 g/mol. The monoisotopic (exact) mass is 374 g/mol. The molecule has 0 fully saturated rings. The normalized spacial score (nSPS) is 19.2. The fraction of sp³-hybridized carbons (Fsp3) is 0.462. The van der Waals surface area contributed by atoms with Gasteiger partial charge in [0.1, 0.15) is 13.1 Å². The summed E-state index contributed by atoms with van der Waals surface area (Å²) in [5, 5.41) is 0. The van der Waals surface area contributed by atoms with E-state index in [4.69, 9.17) is 0 Å². The molecule has 2 aromatic carbocycles. The van der Waals surface area contributed by atoms with E-state index in [1.165, 1.54) is 46.8 Å². The van der Waals surface area contributed by atoms with E-state index in [1.807, 2.05) is 0 Å². The first kappa shape index (κ1) is 19.1.